The molecule has 0 aliphatic heterocycles. The minimum absolute atomic E-state index is 1.31. The molecule has 0 aliphatic rings. The second kappa shape index (κ2) is 3.36. The first-order valence-electron chi connectivity index (χ1n) is 3.52. The van der Waals surface area contributed by atoms with Crippen LogP contribution in [0.25, 0.3) is 0 Å². The van der Waals surface area contributed by atoms with E-state index in [4.69, 9.17) is 4.31 Å². The molecule has 0 fully saturated rings. The van der Waals surface area contributed by atoms with E-state index < -0.39 is 14.7 Å². The van der Waals surface area contributed by atoms with E-state index in [2.05, 4.69) is 9.05 Å². The van der Waals surface area contributed by atoms with Crippen LogP contribution in [0.3, 0.4) is 0 Å². The van der Waals surface area contributed by atoms with Crippen LogP contribution in [-0.4, -0.2) is 40.9 Å². The van der Waals surface area contributed by atoms with Gasteiger partial charge in [0, 0.05) is 0 Å². The third kappa shape index (κ3) is 5.23. The van der Waals surface area contributed by atoms with Gasteiger partial charge in [-0.15, -0.1) is 0 Å². The molecule has 76 valence electrons. The molecule has 6 heteroatoms. The van der Waals surface area contributed by atoms with Gasteiger partial charge in [-0.3, -0.25) is 0 Å². The minimum atomic E-state index is -3.31. The predicted octanol–water partition coefficient (Wildman–Crippen LogP) is 2.39. The van der Waals surface area contributed by atoms with Crippen LogP contribution >= 0.6 is 14.7 Å². The molecule has 0 unspecified atom stereocenters. The normalized spacial score (nSPS) is 17.0. The van der Waals surface area contributed by atoms with Gasteiger partial charge in [-0.1, -0.05) is 0 Å². The number of hydrogen-bond acceptors (Lipinski definition) is 4. The molecule has 0 aromatic carbocycles. The second-order valence-corrected chi connectivity index (χ2v) is 13.4. The molecular formula is C6H18O4P2. The molecule has 0 bridgehead atoms. The summed E-state index contributed by atoms with van der Waals surface area (Å²) in [5.41, 5.74) is 0. The van der Waals surface area contributed by atoms with Gasteiger partial charge in [0.15, 0.2) is 0 Å². The SMILES string of the molecule is COP(=O)(OC)OP(C)(C)(C)C. The van der Waals surface area contributed by atoms with Gasteiger partial charge in [0.25, 0.3) is 0 Å². The van der Waals surface area contributed by atoms with Gasteiger partial charge >= 0.3 is 73.5 Å². The number of phosphoric ester groups is 1. The molecule has 0 atom stereocenters. The van der Waals surface area contributed by atoms with Crippen LogP contribution < -0.4 is 0 Å². The topological polar surface area (TPSA) is 44.8 Å². The maximum atomic E-state index is 11.5. The van der Waals surface area contributed by atoms with Crippen molar-refractivity contribution < 1.29 is 17.9 Å². The van der Waals surface area contributed by atoms with E-state index in [-0.39, 0.29) is 0 Å². The first-order valence-corrected chi connectivity index (χ1v) is 8.92. The van der Waals surface area contributed by atoms with Gasteiger partial charge in [-0.05, 0) is 0 Å². The van der Waals surface area contributed by atoms with E-state index in [0.717, 1.165) is 0 Å². The number of hydrogen-bond donors (Lipinski definition) is 0. The van der Waals surface area contributed by atoms with Gasteiger partial charge in [-0.2, -0.15) is 0 Å². The fourth-order valence-corrected chi connectivity index (χ4v) is 4.42. The molecule has 0 aromatic rings. The third-order valence-corrected chi connectivity index (χ3v) is 5.18. The fourth-order valence-electron chi connectivity index (χ4n) is 0.541. The predicted molar refractivity (Wildman–Crippen MR) is 53.3 cm³/mol. The Morgan fingerprint density at radius 3 is 1.42 bits per heavy atom. The number of rotatable bonds is 4. The van der Waals surface area contributed by atoms with Crippen LogP contribution in [0.5, 0.6) is 0 Å². The summed E-state index contributed by atoms with van der Waals surface area (Å²) in [6, 6.07) is 0. The molecule has 0 aromatic heterocycles. The molecule has 0 radical (unpaired) electrons. The molecule has 0 saturated carbocycles. The van der Waals surface area contributed by atoms with Crippen molar-refractivity contribution in [1.82, 2.24) is 0 Å². The molecule has 0 amide bonds. The Hall–Kier alpha value is 0.540. The molecular weight excluding hydrogens is 198 g/mol. The van der Waals surface area contributed by atoms with Crippen molar-refractivity contribution in [2.75, 3.05) is 40.9 Å². The van der Waals surface area contributed by atoms with Gasteiger partial charge in [0.05, 0.1) is 0 Å². The molecule has 0 saturated heterocycles. The average Bonchev–Trinajstić information content (AvgIpc) is 1.83. The van der Waals surface area contributed by atoms with E-state index in [0.29, 0.717) is 0 Å². The van der Waals surface area contributed by atoms with Crippen molar-refractivity contribution in [3.63, 3.8) is 0 Å². The van der Waals surface area contributed by atoms with Crippen LogP contribution in [0.4, 0.5) is 0 Å². The molecule has 12 heavy (non-hydrogen) atoms. The summed E-state index contributed by atoms with van der Waals surface area (Å²) in [5.74, 6) is 0. The quantitative estimate of drug-likeness (QED) is 0.677. The Bertz CT molecular complexity index is 188. The number of phosphoric acid groups is 1. The van der Waals surface area contributed by atoms with E-state index in [9.17, 15) is 4.57 Å². The third-order valence-electron chi connectivity index (χ3n) is 0.874. The van der Waals surface area contributed by atoms with E-state index in [1.165, 1.54) is 14.2 Å². The maximum absolute atomic E-state index is 11.5. The Balaban J connectivity index is 4.55. The van der Waals surface area contributed by atoms with Gasteiger partial charge in [0.1, 0.15) is 0 Å². The molecule has 0 heterocycles. The van der Waals surface area contributed by atoms with Crippen LogP contribution in [0, 0.1) is 0 Å². The van der Waals surface area contributed by atoms with Crippen molar-refractivity contribution in [3.05, 3.63) is 0 Å². The Kier molecular flexibility index (Phi) is 3.51. The summed E-state index contributed by atoms with van der Waals surface area (Å²) in [4.78, 5) is 0. The van der Waals surface area contributed by atoms with E-state index in [1.807, 2.05) is 26.7 Å². The summed E-state index contributed by atoms with van der Waals surface area (Å²) in [6.07, 6.45) is 0. The monoisotopic (exact) mass is 216 g/mol. The van der Waals surface area contributed by atoms with Crippen LogP contribution in [-0.2, 0) is 17.9 Å². The van der Waals surface area contributed by atoms with Gasteiger partial charge in [-0.25, -0.2) is 0 Å². The summed E-state index contributed by atoms with van der Waals surface area (Å²) in [7, 11) is -0.686. The van der Waals surface area contributed by atoms with Crippen molar-refractivity contribution in [3.8, 4) is 0 Å². The van der Waals surface area contributed by atoms with Gasteiger partial charge < -0.3 is 0 Å². The summed E-state index contributed by atoms with van der Waals surface area (Å²) in [6.45, 7) is 5.40. The second-order valence-electron chi connectivity index (χ2n) is 4.31. The molecule has 0 aliphatic carbocycles. The standard InChI is InChI=1S/C6H18O4P2/c1-8-11(7,9-2)10-12(3,4,5)6/h1-6H3. The summed E-state index contributed by atoms with van der Waals surface area (Å²) < 4.78 is 26.2. The molecule has 0 spiro atoms. The Morgan fingerprint density at radius 2 is 1.33 bits per heavy atom. The summed E-state index contributed by atoms with van der Waals surface area (Å²) >= 11 is 0. The van der Waals surface area contributed by atoms with Crippen molar-refractivity contribution in [2.45, 2.75) is 0 Å². The van der Waals surface area contributed by atoms with Gasteiger partial charge in [0.2, 0.25) is 0 Å². The van der Waals surface area contributed by atoms with Crippen molar-refractivity contribution in [2.24, 2.45) is 0 Å². The van der Waals surface area contributed by atoms with Crippen LogP contribution in [0.2, 0.25) is 0 Å². The zero-order chi connectivity index (χ0) is 10.1. The fraction of sp³-hybridized carbons (Fsp3) is 1.00. The molecule has 0 rings (SSSR count). The average molecular weight is 216 g/mol. The first kappa shape index (κ1) is 12.5. The zero-order valence-corrected chi connectivity index (χ0v) is 10.3. The summed E-state index contributed by atoms with van der Waals surface area (Å²) in [5, 5.41) is 0. The first-order chi connectivity index (χ1) is 5.08. The van der Waals surface area contributed by atoms with E-state index >= 15 is 0 Å². The molecule has 0 N–H and O–H groups in total. The zero-order valence-electron chi connectivity index (χ0n) is 8.53. The van der Waals surface area contributed by atoms with Crippen molar-refractivity contribution in [1.29, 1.82) is 0 Å². The molecule has 4 nitrogen and oxygen atoms in total. The van der Waals surface area contributed by atoms with Crippen molar-refractivity contribution >= 4 is 14.7 Å². The van der Waals surface area contributed by atoms with Crippen LogP contribution in [0.15, 0.2) is 0 Å². The van der Waals surface area contributed by atoms with Crippen LogP contribution in [0.1, 0.15) is 0 Å². The Morgan fingerprint density at radius 1 is 1.00 bits per heavy atom. The Labute approximate surface area is 74.2 Å². The van der Waals surface area contributed by atoms with E-state index in [1.54, 1.807) is 0 Å².